The summed E-state index contributed by atoms with van der Waals surface area (Å²) in [4.78, 5) is 11.6. The summed E-state index contributed by atoms with van der Waals surface area (Å²) in [5.74, 6) is 0.000862. The number of hydrogen-bond acceptors (Lipinski definition) is 2. The number of nitrogens with one attached hydrogen (secondary N) is 1. The molecule has 1 saturated heterocycles. The molecule has 1 atom stereocenters. The largest absolute Gasteiger partial charge is 0.343 e. The van der Waals surface area contributed by atoms with E-state index in [2.05, 4.69) is 17.4 Å². The lowest BCUT2D eigenvalue weighted by molar-refractivity contribution is -0.124. The van der Waals surface area contributed by atoms with E-state index in [4.69, 9.17) is 4.74 Å². The van der Waals surface area contributed by atoms with Crippen molar-refractivity contribution in [3.63, 3.8) is 0 Å². The van der Waals surface area contributed by atoms with Crippen molar-refractivity contribution in [3.8, 4) is 0 Å². The number of aryl methyl sites for hydroxylation is 1. The van der Waals surface area contributed by atoms with Gasteiger partial charge in [-0.25, -0.2) is 0 Å². The van der Waals surface area contributed by atoms with E-state index in [-0.39, 0.29) is 12.0 Å². The van der Waals surface area contributed by atoms with Crippen LogP contribution in [0.15, 0.2) is 30.3 Å². The zero-order chi connectivity index (χ0) is 11.6. The van der Waals surface area contributed by atoms with Crippen LogP contribution in [0.2, 0.25) is 0 Å². The van der Waals surface area contributed by atoms with Crippen molar-refractivity contribution in [1.29, 1.82) is 0 Å². The molecule has 1 amide bonds. The molecule has 0 aromatic heterocycles. The Morgan fingerprint density at radius 1 is 1.31 bits per heavy atom. The molecule has 1 aromatic carbocycles. The van der Waals surface area contributed by atoms with Crippen molar-refractivity contribution in [1.82, 2.24) is 5.32 Å². The molecule has 1 aliphatic rings. The first kappa shape index (κ1) is 11.1. The quantitative estimate of drug-likeness (QED) is 0.842. The molecule has 1 aromatic rings. The summed E-state index contributed by atoms with van der Waals surface area (Å²) in [6.07, 6.45) is 1.30. The Morgan fingerprint density at radius 3 is 2.56 bits per heavy atom. The molecule has 0 spiro atoms. The van der Waals surface area contributed by atoms with Gasteiger partial charge in [0.1, 0.15) is 11.8 Å². The highest BCUT2D eigenvalue weighted by Gasteiger charge is 2.37. The summed E-state index contributed by atoms with van der Waals surface area (Å²) in [7, 11) is 0. The Morgan fingerprint density at radius 2 is 2.00 bits per heavy atom. The van der Waals surface area contributed by atoms with Crippen LogP contribution in [-0.4, -0.2) is 17.7 Å². The number of hydrogen-bond donors (Lipinski definition) is 1. The third-order valence-electron chi connectivity index (χ3n) is 2.69. The zero-order valence-electron chi connectivity index (χ0n) is 9.69. The molecule has 16 heavy (non-hydrogen) atoms. The highest BCUT2D eigenvalue weighted by atomic mass is 16.5. The van der Waals surface area contributed by atoms with E-state index in [1.807, 2.05) is 32.0 Å². The smallest absolute Gasteiger partial charge is 0.251 e. The van der Waals surface area contributed by atoms with E-state index in [0.29, 0.717) is 0 Å². The van der Waals surface area contributed by atoms with Gasteiger partial charge in [0.25, 0.3) is 5.91 Å². The van der Waals surface area contributed by atoms with E-state index in [1.54, 1.807) is 0 Å². The van der Waals surface area contributed by atoms with Gasteiger partial charge in [0.15, 0.2) is 0 Å². The highest BCUT2D eigenvalue weighted by molar-refractivity contribution is 5.83. The molecule has 3 nitrogen and oxygen atoms in total. The van der Waals surface area contributed by atoms with Crippen LogP contribution in [-0.2, 0) is 16.0 Å². The van der Waals surface area contributed by atoms with Crippen LogP contribution in [0.1, 0.15) is 25.8 Å². The summed E-state index contributed by atoms with van der Waals surface area (Å²) in [6.45, 7) is 3.74. The SMILES string of the molecule is CC1(C)NC(=O)C(CCc2ccccc2)O1. The molecule has 1 unspecified atom stereocenters. The minimum Gasteiger partial charge on any atom is -0.343 e. The normalized spacial score (nSPS) is 23.1. The Balaban J connectivity index is 1.90. The van der Waals surface area contributed by atoms with E-state index >= 15 is 0 Å². The topological polar surface area (TPSA) is 38.3 Å². The second-order valence-corrected chi connectivity index (χ2v) is 4.63. The van der Waals surface area contributed by atoms with Gasteiger partial charge in [-0.3, -0.25) is 4.79 Å². The predicted molar refractivity (Wildman–Crippen MR) is 61.9 cm³/mol. The van der Waals surface area contributed by atoms with Crippen molar-refractivity contribution in [2.45, 2.75) is 38.5 Å². The summed E-state index contributed by atoms with van der Waals surface area (Å²) in [5, 5.41) is 2.82. The van der Waals surface area contributed by atoms with Gasteiger partial charge in [-0.15, -0.1) is 0 Å². The Bertz CT molecular complexity index is 373. The molecule has 2 rings (SSSR count). The summed E-state index contributed by atoms with van der Waals surface area (Å²) in [6, 6.07) is 10.1. The highest BCUT2D eigenvalue weighted by Crippen LogP contribution is 2.20. The van der Waals surface area contributed by atoms with Crippen molar-refractivity contribution >= 4 is 5.91 Å². The van der Waals surface area contributed by atoms with Crippen LogP contribution in [0.25, 0.3) is 0 Å². The number of amides is 1. The molecule has 0 aliphatic carbocycles. The van der Waals surface area contributed by atoms with Gasteiger partial charge in [0.2, 0.25) is 0 Å². The van der Waals surface area contributed by atoms with Crippen LogP contribution >= 0.6 is 0 Å². The van der Waals surface area contributed by atoms with Crippen molar-refractivity contribution in [2.75, 3.05) is 0 Å². The van der Waals surface area contributed by atoms with E-state index < -0.39 is 5.72 Å². The first-order valence-corrected chi connectivity index (χ1v) is 5.61. The van der Waals surface area contributed by atoms with Gasteiger partial charge >= 0.3 is 0 Å². The van der Waals surface area contributed by atoms with Crippen molar-refractivity contribution < 1.29 is 9.53 Å². The number of ether oxygens (including phenoxy) is 1. The molecule has 1 fully saturated rings. The van der Waals surface area contributed by atoms with Crippen LogP contribution in [0.5, 0.6) is 0 Å². The Labute approximate surface area is 95.8 Å². The summed E-state index contributed by atoms with van der Waals surface area (Å²) in [5.41, 5.74) is 0.724. The molecular formula is C13H17NO2. The third-order valence-corrected chi connectivity index (χ3v) is 2.69. The van der Waals surface area contributed by atoms with E-state index in [0.717, 1.165) is 12.8 Å². The van der Waals surface area contributed by atoms with Gasteiger partial charge in [-0.2, -0.15) is 0 Å². The lowest BCUT2D eigenvalue weighted by Gasteiger charge is -2.17. The third kappa shape index (κ3) is 2.61. The van der Waals surface area contributed by atoms with Gasteiger partial charge in [0.05, 0.1) is 0 Å². The van der Waals surface area contributed by atoms with E-state index in [1.165, 1.54) is 5.56 Å². The first-order valence-electron chi connectivity index (χ1n) is 5.61. The van der Waals surface area contributed by atoms with Gasteiger partial charge in [-0.1, -0.05) is 30.3 Å². The maximum Gasteiger partial charge on any atom is 0.251 e. The van der Waals surface area contributed by atoms with E-state index in [9.17, 15) is 4.79 Å². The average molecular weight is 219 g/mol. The molecule has 1 N–H and O–H groups in total. The molecule has 1 aliphatic heterocycles. The number of benzene rings is 1. The summed E-state index contributed by atoms with van der Waals surface area (Å²) >= 11 is 0. The second kappa shape index (κ2) is 4.26. The zero-order valence-corrected chi connectivity index (χ0v) is 9.69. The van der Waals surface area contributed by atoms with Gasteiger partial charge in [0, 0.05) is 0 Å². The second-order valence-electron chi connectivity index (χ2n) is 4.63. The molecule has 0 bridgehead atoms. The minimum absolute atomic E-state index is 0.000862. The average Bonchev–Trinajstić information content (AvgIpc) is 2.50. The fourth-order valence-corrected chi connectivity index (χ4v) is 1.95. The van der Waals surface area contributed by atoms with Gasteiger partial charge < -0.3 is 10.1 Å². The van der Waals surface area contributed by atoms with Crippen LogP contribution in [0.4, 0.5) is 0 Å². The fourth-order valence-electron chi connectivity index (χ4n) is 1.95. The molecule has 86 valence electrons. The standard InChI is InChI=1S/C13H17NO2/c1-13(2)14-12(15)11(16-13)9-8-10-6-4-3-5-7-10/h3-7,11H,8-9H2,1-2H3,(H,14,15). The molecular weight excluding hydrogens is 202 g/mol. The maximum absolute atomic E-state index is 11.6. The monoisotopic (exact) mass is 219 g/mol. The molecule has 0 radical (unpaired) electrons. The first-order chi connectivity index (χ1) is 7.57. The van der Waals surface area contributed by atoms with Crippen molar-refractivity contribution in [3.05, 3.63) is 35.9 Å². The van der Waals surface area contributed by atoms with Gasteiger partial charge in [-0.05, 0) is 32.3 Å². The van der Waals surface area contributed by atoms with Crippen LogP contribution < -0.4 is 5.32 Å². The summed E-state index contributed by atoms with van der Waals surface area (Å²) < 4.78 is 5.62. The molecule has 3 heteroatoms. The Hall–Kier alpha value is -1.35. The van der Waals surface area contributed by atoms with Crippen LogP contribution in [0.3, 0.4) is 0 Å². The van der Waals surface area contributed by atoms with Crippen molar-refractivity contribution in [2.24, 2.45) is 0 Å². The van der Waals surface area contributed by atoms with Crippen LogP contribution in [0, 0.1) is 0 Å². The lowest BCUT2D eigenvalue weighted by atomic mass is 10.1. The number of carbonyl (C=O) groups is 1. The Kier molecular flexibility index (Phi) is 2.97. The number of carbonyl (C=O) groups excluding carboxylic acids is 1. The molecule has 0 saturated carbocycles. The minimum atomic E-state index is -0.515. The fraction of sp³-hybridized carbons (Fsp3) is 0.462. The maximum atomic E-state index is 11.6. The predicted octanol–water partition coefficient (Wildman–Crippen LogP) is 1.87. The molecule has 1 heterocycles. The lowest BCUT2D eigenvalue weighted by Crippen LogP contribution is -2.35. The number of rotatable bonds is 3.